The van der Waals surface area contributed by atoms with Gasteiger partial charge in [-0.1, -0.05) is 42.5 Å². The van der Waals surface area contributed by atoms with E-state index in [1.54, 1.807) is 12.1 Å². The van der Waals surface area contributed by atoms with Crippen LogP contribution in [0.1, 0.15) is 23.1 Å². The summed E-state index contributed by atoms with van der Waals surface area (Å²) in [5, 5.41) is 0. The van der Waals surface area contributed by atoms with Crippen LogP contribution in [0.25, 0.3) is 6.08 Å². The fraction of sp³-hybridized carbons (Fsp3) is 0.300. The zero-order chi connectivity index (χ0) is 16.1. The zero-order valence-corrected chi connectivity index (χ0v) is 13.5. The SMILES string of the molecule is CN(CC=Cc1ccccc1F)Cc1ccc2c(c1)OCCC2. The first-order valence-corrected chi connectivity index (χ1v) is 8.06. The van der Waals surface area contributed by atoms with Crippen molar-refractivity contribution >= 4 is 6.08 Å². The minimum atomic E-state index is -0.182. The minimum Gasteiger partial charge on any atom is -0.493 e. The molecule has 0 bridgehead atoms. The topological polar surface area (TPSA) is 12.5 Å². The standard InChI is InChI=1S/C20H22FNO/c1-22(12-4-7-17-6-2-3-9-19(17)21)15-16-10-11-18-8-5-13-23-20(18)14-16/h2-4,6-7,9-11,14H,5,8,12-13,15H2,1H3. The summed E-state index contributed by atoms with van der Waals surface area (Å²) in [4.78, 5) is 2.20. The van der Waals surface area contributed by atoms with Gasteiger partial charge < -0.3 is 4.74 Å². The normalized spacial score (nSPS) is 14.0. The van der Waals surface area contributed by atoms with E-state index in [4.69, 9.17) is 4.74 Å². The molecule has 1 aliphatic heterocycles. The van der Waals surface area contributed by atoms with E-state index in [2.05, 4.69) is 30.1 Å². The second kappa shape index (κ2) is 7.42. The Morgan fingerprint density at radius 3 is 2.96 bits per heavy atom. The van der Waals surface area contributed by atoms with Crippen LogP contribution >= 0.6 is 0 Å². The van der Waals surface area contributed by atoms with Gasteiger partial charge in [0.2, 0.25) is 0 Å². The maximum atomic E-state index is 13.5. The molecule has 2 aromatic carbocycles. The summed E-state index contributed by atoms with van der Waals surface area (Å²) < 4.78 is 19.3. The van der Waals surface area contributed by atoms with E-state index in [0.29, 0.717) is 5.56 Å². The molecule has 0 spiro atoms. The highest BCUT2D eigenvalue weighted by atomic mass is 19.1. The largest absolute Gasteiger partial charge is 0.493 e. The predicted octanol–water partition coefficient (Wildman–Crippen LogP) is 4.30. The van der Waals surface area contributed by atoms with Gasteiger partial charge in [-0.15, -0.1) is 0 Å². The molecule has 0 N–H and O–H groups in total. The van der Waals surface area contributed by atoms with Gasteiger partial charge in [0.05, 0.1) is 6.61 Å². The second-order valence-electron chi connectivity index (χ2n) is 6.01. The summed E-state index contributed by atoms with van der Waals surface area (Å²) in [6.45, 7) is 2.43. The van der Waals surface area contributed by atoms with Gasteiger partial charge in [0, 0.05) is 18.7 Å². The highest BCUT2D eigenvalue weighted by Gasteiger charge is 2.11. The molecule has 23 heavy (non-hydrogen) atoms. The number of likely N-dealkylation sites (N-methyl/N-ethyl adjacent to an activating group) is 1. The Morgan fingerprint density at radius 2 is 2.09 bits per heavy atom. The molecule has 0 aliphatic carbocycles. The van der Waals surface area contributed by atoms with Crippen molar-refractivity contribution in [3.8, 4) is 5.75 Å². The Balaban J connectivity index is 1.57. The van der Waals surface area contributed by atoms with Gasteiger partial charge in [-0.3, -0.25) is 4.90 Å². The highest BCUT2D eigenvalue weighted by molar-refractivity contribution is 5.49. The van der Waals surface area contributed by atoms with Crippen molar-refractivity contribution in [2.45, 2.75) is 19.4 Å². The van der Waals surface area contributed by atoms with E-state index in [1.807, 2.05) is 18.2 Å². The molecular weight excluding hydrogens is 289 g/mol. The van der Waals surface area contributed by atoms with Crippen LogP contribution in [0.4, 0.5) is 4.39 Å². The molecule has 1 heterocycles. The Morgan fingerprint density at radius 1 is 1.22 bits per heavy atom. The van der Waals surface area contributed by atoms with E-state index in [0.717, 1.165) is 38.3 Å². The van der Waals surface area contributed by atoms with Gasteiger partial charge in [0.15, 0.2) is 0 Å². The van der Waals surface area contributed by atoms with Gasteiger partial charge in [0.25, 0.3) is 0 Å². The quantitative estimate of drug-likeness (QED) is 0.816. The first kappa shape index (κ1) is 15.8. The summed E-state index contributed by atoms with van der Waals surface area (Å²) in [7, 11) is 2.06. The monoisotopic (exact) mass is 311 g/mol. The van der Waals surface area contributed by atoms with E-state index in [-0.39, 0.29) is 5.82 Å². The predicted molar refractivity (Wildman–Crippen MR) is 92.0 cm³/mol. The molecule has 0 saturated heterocycles. The molecule has 0 saturated carbocycles. The molecule has 1 aliphatic rings. The molecule has 2 nitrogen and oxygen atoms in total. The molecule has 0 amide bonds. The van der Waals surface area contributed by atoms with Gasteiger partial charge in [-0.05, 0) is 43.1 Å². The van der Waals surface area contributed by atoms with Crippen LogP contribution in [0.3, 0.4) is 0 Å². The van der Waals surface area contributed by atoms with E-state index in [1.165, 1.54) is 17.2 Å². The molecule has 0 radical (unpaired) electrons. The van der Waals surface area contributed by atoms with Crippen molar-refractivity contribution in [1.29, 1.82) is 0 Å². The maximum Gasteiger partial charge on any atom is 0.130 e. The third-order valence-corrected chi connectivity index (χ3v) is 4.05. The number of aryl methyl sites for hydroxylation is 1. The number of benzene rings is 2. The van der Waals surface area contributed by atoms with Crippen molar-refractivity contribution < 1.29 is 9.13 Å². The Labute approximate surface area is 137 Å². The molecule has 0 aromatic heterocycles. The number of hydrogen-bond donors (Lipinski definition) is 0. The average molecular weight is 311 g/mol. The number of fused-ring (bicyclic) bond motifs is 1. The highest BCUT2D eigenvalue weighted by Crippen LogP contribution is 2.26. The lowest BCUT2D eigenvalue weighted by atomic mass is 10.0. The Kier molecular flexibility index (Phi) is 5.09. The lowest BCUT2D eigenvalue weighted by molar-refractivity contribution is 0.287. The van der Waals surface area contributed by atoms with Crippen LogP contribution in [-0.4, -0.2) is 25.1 Å². The third-order valence-electron chi connectivity index (χ3n) is 4.05. The molecule has 120 valence electrons. The van der Waals surface area contributed by atoms with Crippen molar-refractivity contribution in [2.75, 3.05) is 20.2 Å². The van der Waals surface area contributed by atoms with Crippen LogP contribution in [0.5, 0.6) is 5.75 Å². The summed E-state index contributed by atoms with van der Waals surface area (Å²) in [5.41, 5.74) is 3.18. The number of hydrogen-bond acceptors (Lipinski definition) is 2. The van der Waals surface area contributed by atoms with Crippen LogP contribution < -0.4 is 4.74 Å². The van der Waals surface area contributed by atoms with Crippen LogP contribution in [-0.2, 0) is 13.0 Å². The van der Waals surface area contributed by atoms with Crippen molar-refractivity contribution in [3.63, 3.8) is 0 Å². The lowest BCUT2D eigenvalue weighted by Gasteiger charge is -2.20. The summed E-state index contributed by atoms with van der Waals surface area (Å²) >= 11 is 0. The van der Waals surface area contributed by atoms with E-state index >= 15 is 0 Å². The van der Waals surface area contributed by atoms with Crippen LogP contribution in [0.2, 0.25) is 0 Å². The number of ether oxygens (including phenoxy) is 1. The fourth-order valence-electron chi connectivity index (χ4n) is 2.83. The molecule has 0 atom stereocenters. The Bertz CT molecular complexity index is 696. The molecular formula is C20H22FNO. The molecule has 3 heteroatoms. The van der Waals surface area contributed by atoms with Crippen molar-refractivity contribution in [2.24, 2.45) is 0 Å². The summed E-state index contributed by atoms with van der Waals surface area (Å²) in [6.07, 6.45) is 6.04. The maximum absolute atomic E-state index is 13.5. The number of halogens is 1. The van der Waals surface area contributed by atoms with Crippen LogP contribution in [0, 0.1) is 5.82 Å². The zero-order valence-electron chi connectivity index (χ0n) is 13.5. The molecule has 2 aromatic rings. The van der Waals surface area contributed by atoms with Gasteiger partial charge in [-0.2, -0.15) is 0 Å². The minimum absolute atomic E-state index is 0.182. The van der Waals surface area contributed by atoms with E-state index < -0.39 is 0 Å². The summed E-state index contributed by atoms with van der Waals surface area (Å²) in [6, 6.07) is 13.3. The van der Waals surface area contributed by atoms with Crippen molar-refractivity contribution in [3.05, 3.63) is 71.0 Å². The van der Waals surface area contributed by atoms with Crippen LogP contribution in [0.15, 0.2) is 48.5 Å². The van der Waals surface area contributed by atoms with Crippen molar-refractivity contribution in [1.82, 2.24) is 4.90 Å². The summed E-state index contributed by atoms with van der Waals surface area (Å²) in [5.74, 6) is 0.849. The van der Waals surface area contributed by atoms with Gasteiger partial charge >= 0.3 is 0 Å². The van der Waals surface area contributed by atoms with E-state index in [9.17, 15) is 4.39 Å². The first-order chi connectivity index (χ1) is 11.2. The molecule has 0 fully saturated rings. The molecule has 0 unspecified atom stereocenters. The Hall–Kier alpha value is -2.13. The molecule has 3 rings (SSSR count). The fourth-order valence-corrected chi connectivity index (χ4v) is 2.83. The smallest absolute Gasteiger partial charge is 0.130 e. The number of rotatable bonds is 5. The van der Waals surface area contributed by atoms with Gasteiger partial charge in [0.1, 0.15) is 11.6 Å². The lowest BCUT2D eigenvalue weighted by Crippen LogP contribution is -2.18. The first-order valence-electron chi connectivity index (χ1n) is 8.06. The number of nitrogens with zero attached hydrogens (tertiary/aromatic N) is 1. The third kappa shape index (κ3) is 4.20. The second-order valence-corrected chi connectivity index (χ2v) is 6.01. The average Bonchev–Trinajstić information content (AvgIpc) is 2.56. The van der Waals surface area contributed by atoms with Gasteiger partial charge in [-0.25, -0.2) is 4.39 Å².